The lowest BCUT2D eigenvalue weighted by molar-refractivity contribution is 0.102. The van der Waals surface area contributed by atoms with E-state index in [2.05, 4.69) is 15.4 Å². The van der Waals surface area contributed by atoms with Crippen molar-refractivity contribution in [3.63, 3.8) is 0 Å². The maximum Gasteiger partial charge on any atom is 0.336 e. The lowest BCUT2D eigenvalue weighted by Crippen LogP contribution is -2.12. The molecule has 0 bridgehead atoms. The highest BCUT2D eigenvalue weighted by atomic mass is 16.7. The molecule has 10 nitrogen and oxygen atoms in total. The van der Waals surface area contributed by atoms with Crippen LogP contribution in [0.4, 0.5) is 5.69 Å². The van der Waals surface area contributed by atoms with Gasteiger partial charge in [-0.1, -0.05) is 6.07 Å². The molecule has 1 aromatic heterocycles. The van der Waals surface area contributed by atoms with Crippen molar-refractivity contribution in [1.29, 1.82) is 0 Å². The van der Waals surface area contributed by atoms with E-state index in [-0.39, 0.29) is 18.7 Å². The van der Waals surface area contributed by atoms with E-state index in [0.717, 1.165) is 11.3 Å². The van der Waals surface area contributed by atoms with Crippen LogP contribution in [0, 0.1) is 0 Å². The second-order valence-electron chi connectivity index (χ2n) is 7.98. The van der Waals surface area contributed by atoms with Crippen LogP contribution in [0.1, 0.15) is 17.3 Å². The zero-order chi connectivity index (χ0) is 25.6. The molecule has 3 aromatic carbocycles. The molecule has 0 unspecified atom stereocenters. The molecule has 1 N–H and O–H groups in total. The van der Waals surface area contributed by atoms with Crippen molar-refractivity contribution in [2.45, 2.75) is 6.92 Å². The summed E-state index contributed by atoms with van der Waals surface area (Å²) in [5.74, 6) is 2.27. The molecule has 1 aliphatic rings. The van der Waals surface area contributed by atoms with Crippen LogP contribution >= 0.6 is 0 Å². The summed E-state index contributed by atoms with van der Waals surface area (Å²) in [6.45, 7) is 3.47. The topological polar surface area (TPSA) is 106 Å². The monoisotopic (exact) mass is 502 g/mol. The first-order valence-electron chi connectivity index (χ1n) is 11.8. The second-order valence-corrected chi connectivity index (χ2v) is 7.98. The Hall–Kier alpha value is -4.57. The van der Waals surface area contributed by atoms with Gasteiger partial charge in [0.2, 0.25) is 6.79 Å². The van der Waals surface area contributed by atoms with Crippen molar-refractivity contribution < 1.29 is 28.5 Å². The minimum Gasteiger partial charge on any atom is -0.497 e. The average Bonchev–Trinajstić information content (AvgIpc) is 3.58. The Labute approximate surface area is 213 Å². The molecule has 0 fully saturated rings. The van der Waals surface area contributed by atoms with E-state index >= 15 is 0 Å². The standard InChI is InChI=1S/C27H26N4O6/c1-3-34-13-14-35-27-29-25(18-7-12-23-24(16-18)37-17-36-23)31(30-27)21-10-8-20(9-11-21)28-26(32)19-5-4-6-22(15-19)33-2/h4-12,15-16H,3,13-14,17H2,1-2H3,(H,28,32). The number of aromatic nitrogens is 3. The fraction of sp³-hybridized carbons (Fsp3) is 0.222. The summed E-state index contributed by atoms with van der Waals surface area (Å²) in [7, 11) is 1.56. The molecule has 10 heteroatoms. The number of hydrogen-bond donors (Lipinski definition) is 1. The maximum absolute atomic E-state index is 12.7. The number of methoxy groups -OCH3 is 1. The van der Waals surface area contributed by atoms with Gasteiger partial charge in [-0.05, 0) is 67.6 Å². The Morgan fingerprint density at radius 1 is 1.03 bits per heavy atom. The molecular weight excluding hydrogens is 476 g/mol. The van der Waals surface area contributed by atoms with E-state index in [1.54, 1.807) is 48.2 Å². The van der Waals surface area contributed by atoms with Gasteiger partial charge < -0.3 is 29.0 Å². The van der Waals surface area contributed by atoms with Gasteiger partial charge in [0.05, 0.1) is 19.4 Å². The Morgan fingerprint density at radius 2 is 1.86 bits per heavy atom. The third-order valence-corrected chi connectivity index (χ3v) is 5.58. The van der Waals surface area contributed by atoms with Gasteiger partial charge in [0.15, 0.2) is 17.3 Å². The predicted octanol–water partition coefficient (Wildman–Crippen LogP) is 4.34. The molecule has 2 heterocycles. The van der Waals surface area contributed by atoms with Crippen molar-refractivity contribution >= 4 is 11.6 Å². The normalized spacial score (nSPS) is 11.8. The van der Waals surface area contributed by atoms with Crippen LogP contribution in [0.2, 0.25) is 0 Å². The van der Waals surface area contributed by atoms with Crippen molar-refractivity contribution in [2.24, 2.45) is 0 Å². The van der Waals surface area contributed by atoms with E-state index < -0.39 is 0 Å². The molecule has 0 saturated heterocycles. The lowest BCUT2D eigenvalue weighted by Gasteiger charge is -2.09. The van der Waals surface area contributed by atoms with Gasteiger partial charge in [-0.3, -0.25) is 4.79 Å². The SMILES string of the molecule is CCOCCOc1nc(-c2ccc3c(c2)OCO3)n(-c2ccc(NC(=O)c3cccc(OC)c3)cc2)n1. The van der Waals surface area contributed by atoms with Crippen molar-refractivity contribution in [1.82, 2.24) is 14.8 Å². The zero-order valence-corrected chi connectivity index (χ0v) is 20.5. The fourth-order valence-corrected chi connectivity index (χ4v) is 3.75. The summed E-state index contributed by atoms with van der Waals surface area (Å²) in [6.07, 6.45) is 0. The molecule has 1 aliphatic heterocycles. The molecule has 0 spiro atoms. The predicted molar refractivity (Wildman–Crippen MR) is 136 cm³/mol. The number of fused-ring (bicyclic) bond motifs is 1. The summed E-state index contributed by atoms with van der Waals surface area (Å²) in [4.78, 5) is 17.3. The minimum absolute atomic E-state index is 0.181. The molecule has 0 saturated carbocycles. The number of carbonyl (C=O) groups is 1. The highest BCUT2D eigenvalue weighted by Gasteiger charge is 2.19. The molecule has 4 aromatic rings. The van der Waals surface area contributed by atoms with Crippen LogP contribution in [-0.4, -0.2) is 54.4 Å². The van der Waals surface area contributed by atoms with Crippen LogP contribution in [0.15, 0.2) is 66.7 Å². The van der Waals surface area contributed by atoms with Gasteiger partial charge in [0, 0.05) is 23.4 Å². The second kappa shape index (κ2) is 11.0. The Bertz CT molecular complexity index is 1390. The Kier molecular flexibility index (Phi) is 7.18. The number of nitrogens with zero attached hydrogens (tertiary/aromatic N) is 3. The number of benzene rings is 3. The molecule has 5 rings (SSSR count). The lowest BCUT2D eigenvalue weighted by atomic mass is 10.1. The highest BCUT2D eigenvalue weighted by molar-refractivity contribution is 6.04. The van der Waals surface area contributed by atoms with E-state index in [1.165, 1.54) is 0 Å². The molecule has 1 amide bonds. The molecule has 0 atom stereocenters. The molecular formula is C27H26N4O6. The molecule has 37 heavy (non-hydrogen) atoms. The van der Waals surface area contributed by atoms with E-state index in [0.29, 0.717) is 54.1 Å². The summed E-state index contributed by atoms with van der Waals surface area (Å²) in [5, 5.41) is 7.46. The first-order valence-corrected chi connectivity index (χ1v) is 11.8. The first-order chi connectivity index (χ1) is 18.1. The zero-order valence-electron chi connectivity index (χ0n) is 20.5. The van der Waals surface area contributed by atoms with Crippen LogP contribution in [-0.2, 0) is 4.74 Å². The van der Waals surface area contributed by atoms with Crippen LogP contribution in [0.5, 0.6) is 23.3 Å². The summed E-state index contributed by atoms with van der Waals surface area (Å²) in [5.41, 5.74) is 2.65. The average molecular weight is 503 g/mol. The van der Waals surface area contributed by atoms with Gasteiger partial charge >= 0.3 is 6.01 Å². The van der Waals surface area contributed by atoms with Gasteiger partial charge in [-0.2, -0.15) is 4.98 Å². The molecule has 0 aliphatic carbocycles. The van der Waals surface area contributed by atoms with E-state index in [1.807, 2.05) is 37.3 Å². The number of ether oxygens (including phenoxy) is 5. The minimum atomic E-state index is -0.238. The van der Waals surface area contributed by atoms with Crippen molar-refractivity contribution in [2.75, 3.05) is 39.0 Å². The summed E-state index contributed by atoms with van der Waals surface area (Å²) >= 11 is 0. The largest absolute Gasteiger partial charge is 0.497 e. The van der Waals surface area contributed by atoms with Crippen LogP contribution < -0.4 is 24.3 Å². The van der Waals surface area contributed by atoms with Gasteiger partial charge in [-0.25, -0.2) is 4.68 Å². The van der Waals surface area contributed by atoms with Crippen LogP contribution in [0.3, 0.4) is 0 Å². The van der Waals surface area contributed by atoms with Gasteiger partial charge in [-0.15, -0.1) is 5.10 Å². The number of amides is 1. The number of anilines is 1. The third-order valence-electron chi connectivity index (χ3n) is 5.58. The number of hydrogen-bond acceptors (Lipinski definition) is 8. The molecule has 0 radical (unpaired) electrons. The van der Waals surface area contributed by atoms with E-state index in [4.69, 9.17) is 23.7 Å². The van der Waals surface area contributed by atoms with Crippen molar-refractivity contribution in [3.05, 3.63) is 72.3 Å². The third kappa shape index (κ3) is 5.49. The highest BCUT2D eigenvalue weighted by Crippen LogP contribution is 2.36. The Balaban J connectivity index is 1.39. The summed E-state index contributed by atoms with van der Waals surface area (Å²) in [6, 6.07) is 20.1. The molecule has 190 valence electrons. The number of rotatable bonds is 10. The van der Waals surface area contributed by atoms with Crippen LogP contribution in [0.25, 0.3) is 17.1 Å². The number of nitrogens with one attached hydrogen (secondary N) is 1. The van der Waals surface area contributed by atoms with Crippen molar-refractivity contribution in [3.8, 4) is 40.3 Å². The Morgan fingerprint density at radius 3 is 2.68 bits per heavy atom. The van der Waals surface area contributed by atoms with E-state index in [9.17, 15) is 4.79 Å². The van der Waals surface area contributed by atoms with Gasteiger partial charge in [0.1, 0.15) is 12.4 Å². The van der Waals surface area contributed by atoms with Gasteiger partial charge in [0.25, 0.3) is 5.91 Å². The summed E-state index contributed by atoms with van der Waals surface area (Å²) < 4.78 is 28.9. The first kappa shape index (κ1) is 24.1. The fourth-order valence-electron chi connectivity index (χ4n) is 3.75. The maximum atomic E-state index is 12.7. The quantitative estimate of drug-likeness (QED) is 0.319. The smallest absolute Gasteiger partial charge is 0.336 e. The number of carbonyl (C=O) groups excluding carboxylic acids is 1.